The van der Waals surface area contributed by atoms with Gasteiger partial charge in [-0.15, -0.1) is 0 Å². The largest absolute Gasteiger partial charge is 0.497 e. The van der Waals surface area contributed by atoms with Crippen molar-refractivity contribution in [1.82, 2.24) is 15.1 Å². The molecule has 1 fully saturated rings. The average Bonchev–Trinajstić information content (AvgIpc) is 3.08. The van der Waals surface area contributed by atoms with Gasteiger partial charge in [-0.1, -0.05) is 41.9 Å². The number of hydrogen-bond acceptors (Lipinski definition) is 4. The van der Waals surface area contributed by atoms with Crippen LogP contribution in [0.15, 0.2) is 54.6 Å². The summed E-state index contributed by atoms with van der Waals surface area (Å²) in [6.45, 7) is 4.14. The number of benzene rings is 2. The molecule has 4 rings (SSSR count). The molecule has 1 N–H and O–H groups in total. The maximum atomic E-state index is 13.0. The molecule has 0 unspecified atom stereocenters. The Morgan fingerprint density at radius 3 is 2.45 bits per heavy atom. The van der Waals surface area contributed by atoms with Crippen LogP contribution in [0.1, 0.15) is 34.5 Å². The number of anilines is 1. The first-order valence-corrected chi connectivity index (χ1v) is 10.9. The first-order chi connectivity index (χ1) is 15.0. The number of aryl methyl sites for hydroxylation is 1. The Kier molecular flexibility index (Phi) is 6.47. The Morgan fingerprint density at radius 1 is 1.13 bits per heavy atom. The van der Waals surface area contributed by atoms with E-state index in [1.807, 2.05) is 49.4 Å². The van der Waals surface area contributed by atoms with Crippen LogP contribution < -0.4 is 15.0 Å². The van der Waals surface area contributed by atoms with Gasteiger partial charge in [-0.3, -0.25) is 4.79 Å². The highest BCUT2D eigenvalue weighted by Gasteiger charge is 2.25. The normalized spacial score (nSPS) is 14.5. The van der Waals surface area contributed by atoms with Crippen molar-refractivity contribution in [3.8, 4) is 5.75 Å². The Labute approximate surface area is 187 Å². The first-order valence-electron chi connectivity index (χ1n) is 10.5. The van der Waals surface area contributed by atoms with Crippen LogP contribution in [0.2, 0.25) is 5.15 Å². The number of amides is 1. The molecule has 1 aliphatic heterocycles. The Balaban J connectivity index is 1.36. The van der Waals surface area contributed by atoms with E-state index in [0.717, 1.165) is 37.2 Å². The molecule has 0 spiro atoms. The van der Waals surface area contributed by atoms with Crippen LogP contribution in [0.4, 0.5) is 5.69 Å². The summed E-state index contributed by atoms with van der Waals surface area (Å²) in [6.07, 6.45) is 1.76. The number of nitrogens with zero attached hydrogens (tertiary/aromatic N) is 3. The van der Waals surface area contributed by atoms with E-state index in [9.17, 15) is 4.79 Å². The molecule has 2 aromatic carbocycles. The lowest BCUT2D eigenvalue weighted by molar-refractivity contribution is 0.0930. The van der Waals surface area contributed by atoms with Crippen LogP contribution in [-0.2, 0) is 6.54 Å². The van der Waals surface area contributed by atoms with Crippen molar-refractivity contribution in [2.75, 3.05) is 25.1 Å². The molecule has 7 heteroatoms. The van der Waals surface area contributed by atoms with Crippen molar-refractivity contribution in [2.45, 2.75) is 32.4 Å². The predicted octanol–water partition coefficient (Wildman–Crippen LogP) is 4.30. The van der Waals surface area contributed by atoms with Gasteiger partial charge in [0.05, 0.1) is 24.9 Å². The third kappa shape index (κ3) is 4.85. The summed E-state index contributed by atoms with van der Waals surface area (Å²) in [5.74, 6) is 0.704. The maximum Gasteiger partial charge on any atom is 0.256 e. The summed E-state index contributed by atoms with van der Waals surface area (Å²) in [6, 6.07) is 18.2. The molecule has 31 heavy (non-hydrogen) atoms. The maximum absolute atomic E-state index is 13.0. The fourth-order valence-corrected chi connectivity index (χ4v) is 4.33. The van der Waals surface area contributed by atoms with Crippen molar-refractivity contribution >= 4 is 23.2 Å². The minimum Gasteiger partial charge on any atom is -0.497 e. The molecule has 162 valence electrons. The van der Waals surface area contributed by atoms with Crippen molar-refractivity contribution in [2.24, 2.45) is 0 Å². The highest BCUT2D eigenvalue weighted by Crippen LogP contribution is 2.24. The monoisotopic (exact) mass is 438 g/mol. The summed E-state index contributed by atoms with van der Waals surface area (Å²) in [7, 11) is 1.67. The number of methoxy groups -OCH3 is 1. The van der Waals surface area contributed by atoms with Crippen molar-refractivity contribution in [3.63, 3.8) is 0 Å². The van der Waals surface area contributed by atoms with Gasteiger partial charge in [0, 0.05) is 24.8 Å². The van der Waals surface area contributed by atoms with E-state index < -0.39 is 0 Å². The second kappa shape index (κ2) is 9.43. The van der Waals surface area contributed by atoms with Crippen LogP contribution in [0.5, 0.6) is 5.75 Å². The van der Waals surface area contributed by atoms with Gasteiger partial charge in [0.25, 0.3) is 5.91 Å². The van der Waals surface area contributed by atoms with Gasteiger partial charge < -0.3 is 15.0 Å². The first kappa shape index (κ1) is 21.2. The Morgan fingerprint density at radius 2 is 1.81 bits per heavy atom. The number of aromatic nitrogens is 2. The molecular weight excluding hydrogens is 412 g/mol. The van der Waals surface area contributed by atoms with Gasteiger partial charge in [-0.2, -0.15) is 5.10 Å². The summed E-state index contributed by atoms with van der Waals surface area (Å²) in [5, 5.41) is 8.04. The molecule has 0 atom stereocenters. The number of piperidine rings is 1. The van der Waals surface area contributed by atoms with Crippen LogP contribution >= 0.6 is 11.6 Å². The molecule has 0 bridgehead atoms. The van der Waals surface area contributed by atoms with Gasteiger partial charge in [0.15, 0.2) is 0 Å². The Hall–Kier alpha value is -2.99. The zero-order valence-electron chi connectivity index (χ0n) is 17.8. The molecule has 2 heterocycles. The van der Waals surface area contributed by atoms with Crippen molar-refractivity contribution in [1.29, 1.82) is 0 Å². The summed E-state index contributed by atoms with van der Waals surface area (Å²) >= 11 is 6.54. The molecule has 1 saturated heterocycles. The number of nitrogens with one attached hydrogen (secondary N) is 1. The van der Waals surface area contributed by atoms with Gasteiger partial charge >= 0.3 is 0 Å². The van der Waals surface area contributed by atoms with Crippen molar-refractivity contribution < 1.29 is 9.53 Å². The lowest BCUT2D eigenvalue weighted by Crippen LogP contribution is -2.44. The minimum atomic E-state index is -0.148. The van der Waals surface area contributed by atoms with Crippen LogP contribution in [-0.4, -0.2) is 41.9 Å². The number of carbonyl (C=O) groups is 1. The van der Waals surface area contributed by atoms with E-state index in [2.05, 4.69) is 27.4 Å². The zero-order chi connectivity index (χ0) is 21.8. The molecule has 0 aliphatic carbocycles. The van der Waals surface area contributed by atoms with Crippen molar-refractivity contribution in [3.05, 3.63) is 76.6 Å². The number of rotatable bonds is 6. The molecule has 0 saturated carbocycles. The van der Waals surface area contributed by atoms with Gasteiger partial charge in [0.1, 0.15) is 10.9 Å². The van der Waals surface area contributed by atoms with E-state index in [0.29, 0.717) is 23.0 Å². The number of hydrogen-bond donors (Lipinski definition) is 1. The molecule has 0 radical (unpaired) electrons. The third-order valence-electron chi connectivity index (χ3n) is 5.74. The highest BCUT2D eigenvalue weighted by molar-refractivity contribution is 6.33. The van der Waals surface area contributed by atoms with E-state index >= 15 is 0 Å². The number of ether oxygens (including phenoxy) is 1. The van der Waals surface area contributed by atoms with Crippen LogP contribution in [0.3, 0.4) is 0 Å². The molecule has 3 aromatic rings. The Bertz CT molecular complexity index is 1030. The molecule has 1 aliphatic rings. The fraction of sp³-hybridized carbons (Fsp3) is 0.333. The van der Waals surface area contributed by atoms with Gasteiger partial charge in [-0.05, 0) is 49.6 Å². The minimum absolute atomic E-state index is 0.120. The number of carbonyl (C=O) groups excluding carboxylic acids is 1. The average molecular weight is 439 g/mol. The SMILES string of the molecule is COc1ccc(N2CCC(NC(=O)c3c(C)nn(Cc4ccccc4)c3Cl)CC2)cc1. The van der Waals surface area contributed by atoms with Crippen LogP contribution in [0.25, 0.3) is 0 Å². The van der Waals surface area contributed by atoms with Crippen LogP contribution in [0, 0.1) is 6.92 Å². The zero-order valence-corrected chi connectivity index (χ0v) is 18.6. The summed E-state index contributed by atoms with van der Waals surface area (Å²) in [4.78, 5) is 15.3. The topological polar surface area (TPSA) is 59.4 Å². The van der Waals surface area contributed by atoms with E-state index in [1.54, 1.807) is 11.8 Å². The lowest BCUT2D eigenvalue weighted by atomic mass is 10.0. The smallest absolute Gasteiger partial charge is 0.256 e. The third-order valence-corrected chi connectivity index (χ3v) is 6.12. The summed E-state index contributed by atoms with van der Waals surface area (Å²) in [5.41, 5.74) is 3.38. The predicted molar refractivity (Wildman–Crippen MR) is 123 cm³/mol. The summed E-state index contributed by atoms with van der Waals surface area (Å²) < 4.78 is 6.92. The number of halogens is 1. The standard InChI is InChI=1S/C24H27ClN4O2/c1-17-22(23(25)29(27-17)16-18-6-4-3-5-7-18)24(30)26-19-12-14-28(15-13-19)20-8-10-21(31-2)11-9-20/h3-11,19H,12-16H2,1-2H3,(H,26,30). The van der Waals surface area contributed by atoms with E-state index in [4.69, 9.17) is 16.3 Å². The van der Waals surface area contributed by atoms with Gasteiger partial charge in [0.2, 0.25) is 0 Å². The molecule has 1 aromatic heterocycles. The molecular formula is C24H27ClN4O2. The quantitative estimate of drug-likeness (QED) is 0.623. The highest BCUT2D eigenvalue weighted by atomic mass is 35.5. The van der Waals surface area contributed by atoms with E-state index in [-0.39, 0.29) is 11.9 Å². The second-order valence-electron chi connectivity index (χ2n) is 7.83. The van der Waals surface area contributed by atoms with E-state index in [1.165, 1.54) is 5.69 Å². The lowest BCUT2D eigenvalue weighted by Gasteiger charge is -2.34. The molecule has 1 amide bonds. The van der Waals surface area contributed by atoms with Gasteiger partial charge in [-0.25, -0.2) is 4.68 Å². The fourth-order valence-electron chi connectivity index (χ4n) is 4.01. The molecule has 6 nitrogen and oxygen atoms in total. The second-order valence-corrected chi connectivity index (χ2v) is 8.19.